The summed E-state index contributed by atoms with van der Waals surface area (Å²) in [4.78, 5) is 4.35. The fourth-order valence-corrected chi connectivity index (χ4v) is 2.58. The number of hydrogen-bond acceptors (Lipinski definition) is 4. The van der Waals surface area contributed by atoms with Crippen LogP contribution < -0.4 is 10.1 Å². The van der Waals surface area contributed by atoms with Crippen molar-refractivity contribution in [3.8, 4) is 5.75 Å². The molecule has 3 nitrogen and oxygen atoms in total. The van der Waals surface area contributed by atoms with Gasteiger partial charge in [0.15, 0.2) is 0 Å². The van der Waals surface area contributed by atoms with E-state index in [1.54, 1.807) is 18.4 Å². The average molecular weight is 262 g/mol. The molecule has 4 heteroatoms. The third-order valence-electron chi connectivity index (χ3n) is 2.83. The van der Waals surface area contributed by atoms with Crippen molar-refractivity contribution >= 4 is 11.3 Å². The summed E-state index contributed by atoms with van der Waals surface area (Å²) in [5.41, 5.74) is 1.27. The van der Waals surface area contributed by atoms with Crippen LogP contribution in [0.3, 0.4) is 0 Å². The Morgan fingerprint density at radius 3 is 2.67 bits per heavy atom. The van der Waals surface area contributed by atoms with E-state index in [0.29, 0.717) is 6.04 Å². The minimum atomic E-state index is 0.312. The van der Waals surface area contributed by atoms with Gasteiger partial charge in [-0.25, -0.2) is 4.98 Å². The van der Waals surface area contributed by atoms with Crippen molar-refractivity contribution in [3.05, 3.63) is 46.4 Å². The normalized spacial score (nSPS) is 12.3. The van der Waals surface area contributed by atoms with Crippen molar-refractivity contribution < 1.29 is 4.74 Å². The molecule has 2 aromatic rings. The Morgan fingerprint density at radius 2 is 2.11 bits per heavy atom. The molecule has 0 radical (unpaired) electrons. The fraction of sp³-hybridized carbons (Fsp3) is 0.357. The number of likely N-dealkylation sites (N-methyl/N-ethyl adjacent to an activating group) is 1. The molecule has 0 spiro atoms. The Kier molecular flexibility index (Phi) is 4.73. The fourth-order valence-electron chi connectivity index (χ4n) is 1.92. The summed E-state index contributed by atoms with van der Waals surface area (Å²) in [6, 6.07) is 8.54. The largest absolute Gasteiger partial charge is 0.497 e. The van der Waals surface area contributed by atoms with Gasteiger partial charge in [-0.15, -0.1) is 11.3 Å². The zero-order valence-electron chi connectivity index (χ0n) is 10.7. The number of methoxy groups -OCH3 is 1. The standard InChI is InChI=1S/C14H18N2OS/c1-3-15-13(10-14-16-8-9-18-14)11-4-6-12(17-2)7-5-11/h4-9,13,15H,3,10H2,1-2H3. The van der Waals surface area contributed by atoms with Gasteiger partial charge >= 0.3 is 0 Å². The molecule has 0 fully saturated rings. The van der Waals surface area contributed by atoms with E-state index in [0.717, 1.165) is 23.7 Å². The molecule has 1 N–H and O–H groups in total. The van der Waals surface area contributed by atoms with Gasteiger partial charge in [-0.2, -0.15) is 0 Å². The Hall–Kier alpha value is -1.39. The maximum atomic E-state index is 5.18. The first kappa shape index (κ1) is 13.1. The van der Waals surface area contributed by atoms with Crippen molar-refractivity contribution in [2.75, 3.05) is 13.7 Å². The van der Waals surface area contributed by atoms with Gasteiger partial charge < -0.3 is 10.1 Å². The number of rotatable bonds is 6. The molecule has 1 atom stereocenters. The van der Waals surface area contributed by atoms with Crippen LogP contribution in [0.5, 0.6) is 5.75 Å². The van der Waals surface area contributed by atoms with Gasteiger partial charge in [0.2, 0.25) is 0 Å². The molecule has 0 bridgehead atoms. The molecule has 0 aliphatic heterocycles. The molecular weight excluding hydrogens is 244 g/mol. The average Bonchev–Trinajstić information content (AvgIpc) is 2.91. The lowest BCUT2D eigenvalue weighted by atomic mass is 10.0. The van der Waals surface area contributed by atoms with Gasteiger partial charge in [0.25, 0.3) is 0 Å². The summed E-state index contributed by atoms with van der Waals surface area (Å²) < 4.78 is 5.18. The highest BCUT2D eigenvalue weighted by molar-refractivity contribution is 7.09. The van der Waals surface area contributed by atoms with Gasteiger partial charge in [-0.05, 0) is 24.2 Å². The van der Waals surface area contributed by atoms with Gasteiger partial charge in [0, 0.05) is 24.0 Å². The third kappa shape index (κ3) is 3.31. The van der Waals surface area contributed by atoms with E-state index in [9.17, 15) is 0 Å². The smallest absolute Gasteiger partial charge is 0.118 e. The Labute approximate surface area is 112 Å². The minimum absolute atomic E-state index is 0.312. The monoisotopic (exact) mass is 262 g/mol. The van der Waals surface area contributed by atoms with Crippen molar-refractivity contribution in [1.82, 2.24) is 10.3 Å². The topological polar surface area (TPSA) is 34.2 Å². The summed E-state index contributed by atoms with van der Waals surface area (Å²) in [5.74, 6) is 0.892. The molecular formula is C14H18N2OS. The van der Waals surface area contributed by atoms with Crippen LogP contribution >= 0.6 is 11.3 Å². The van der Waals surface area contributed by atoms with Crippen LogP contribution in [0.15, 0.2) is 35.8 Å². The minimum Gasteiger partial charge on any atom is -0.497 e. The lowest BCUT2D eigenvalue weighted by Gasteiger charge is -2.17. The van der Waals surface area contributed by atoms with Crippen LogP contribution in [-0.2, 0) is 6.42 Å². The Bertz CT molecular complexity index is 453. The van der Waals surface area contributed by atoms with Crippen molar-refractivity contribution in [3.63, 3.8) is 0 Å². The molecule has 0 saturated heterocycles. The van der Waals surface area contributed by atoms with Gasteiger partial charge in [0.05, 0.1) is 12.1 Å². The summed E-state index contributed by atoms with van der Waals surface area (Å²) >= 11 is 1.70. The highest BCUT2D eigenvalue weighted by Gasteiger charge is 2.12. The Balaban J connectivity index is 2.12. The highest BCUT2D eigenvalue weighted by Crippen LogP contribution is 2.22. The van der Waals surface area contributed by atoms with Gasteiger partial charge in [-0.1, -0.05) is 19.1 Å². The summed E-state index contributed by atoms with van der Waals surface area (Å²) in [6.07, 6.45) is 2.79. The molecule has 0 saturated carbocycles. The van der Waals surface area contributed by atoms with Crippen LogP contribution in [0.25, 0.3) is 0 Å². The molecule has 1 aromatic carbocycles. The van der Waals surface area contributed by atoms with E-state index < -0.39 is 0 Å². The number of nitrogens with zero attached hydrogens (tertiary/aromatic N) is 1. The number of aromatic nitrogens is 1. The predicted molar refractivity (Wildman–Crippen MR) is 75.2 cm³/mol. The van der Waals surface area contributed by atoms with Crippen molar-refractivity contribution in [1.29, 1.82) is 0 Å². The second-order valence-electron chi connectivity index (χ2n) is 4.01. The number of ether oxygens (including phenoxy) is 1. The summed E-state index contributed by atoms with van der Waals surface area (Å²) in [6.45, 7) is 3.07. The van der Waals surface area contributed by atoms with Gasteiger partial charge in [0.1, 0.15) is 5.75 Å². The first-order chi connectivity index (χ1) is 8.83. The van der Waals surface area contributed by atoms with E-state index in [1.807, 2.05) is 23.7 Å². The zero-order chi connectivity index (χ0) is 12.8. The first-order valence-corrected chi connectivity index (χ1v) is 6.97. The lowest BCUT2D eigenvalue weighted by Crippen LogP contribution is -2.22. The van der Waals surface area contributed by atoms with Crippen LogP contribution in [0.2, 0.25) is 0 Å². The van der Waals surface area contributed by atoms with Crippen LogP contribution in [0, 0.1) is 0 Å². The maximum Gasteiger partial charge on any atom is 0.118 e. The first-order valence-electron chi connectivity index (χ1n) is 6.09. The molecule has 96 valence electrons. The molecule has 18 heavy (non-hydrogen) atoms. The quantitative estimate of drug-likeness (QED) is 0.869. The van der Waals surface area contributed by atoms with Gasteiger partial charge in [-0.3, -0.25) is 0 Å². The third-order valence-corrected chi connectivity index (χ3v) is 3.63. The Morgan fingerprint density at radius 1 is 1.33 bits per heavy atom. The molecule has 0 aliphatic rings. The molecule has 1 aromatic heterocycles. The second-order valence-corrected chi connectivity index (χ2v) is 4.99. The van der Waals surface area contributed by atoms with Crippen LogP contribution in [0.1, 0.15) is 23.5 Å². The summed E-state index contributed by atoms with van der Waals surface area (Å²) in [5, 5.41) is 6.68. The SMILES string of the molecule is CCNC(Cc1nccs1)c1ccc(OC)cc1. The number of nitrogens with one attached hydrogen (secondary N) is 1. The number of thiazole rings is 1. The summed E-state index contributed by atoms with van der Waals surface area (Å²) in [7, 11) is 1.69. The number of hydrogen-bond donors (Lipinski definition) is 1. The molecule has 1 unspecified atom stereocenters. The van der Waals surface area contributed by atoms with E-state index in [4.69, 9.17) is 4.74 Å². The predicted octanol–water partition coefficient (Wildman–Crippen LogP) is 3.05. The highest BCUT2D eigenvalue weighted by atomic mass is 32.1. The molecule has 0 amide bonds. The van der Waals surface area contributed by atoms with E-state index >= 15 is 0 Å². The number of benzene rings is 1. The van der Waals surface area contributed by atoms with E-state index in [2.05, 4.69) is 29.4 Å². The molecule has 1 heterocycles. The second kappa shape index (κ2) is 6.52. The van der Waals surface area contributed by atoms with Crippen molar-refractivity contribution in [2.45, 2.75) is 19.4 Å². The van der Waals surface area contributed by atoms with E-state index in [1.165, 1.54) is 5.56 Å². The molecule has 0 aliphatic carbocycles. The van der Waals surface area contributed by atoms with Crippen LogP contribution in [0.4, 0.5) is 0 Å². The van der Waals surface area contributed by atoms with Crippen molar-refractivity contribution in [2.24, 2.45) is 0 Å². The van der Waals surface area contributed by atoms with E-state index in [-0.39, 0.29) is 0 Å². The lowest BCUT2D eigenvalue weighted by molar-refractivity contribution is 0.414. The maximum absolute atomic E-state index is 5.18. The zero-order valence-corrected chi connectivity index (χ0v) is 11.5. The van der Waals surface area contributed by atoms with Crippen LogP contribution in [-0.4, -0.2) is 18.6 Å². The molecule has 2 rings (SSSR count).